The molecule has 0 radical (unpaired) electrons. The van der Waals surface area contributed by atoms with Gasteiger partial charge in [0, 0.05) is 17.5 Å². The molecule has 1 aliphatic heterocycles. The van der Waals surface area contributed by atoms with Crippen molar-refractivity contribution >= 4 is 23.3 Å². The number of imide groups is 1. The van der Waals surface area contributed by atoms with Gasteiger partial charge in [0.25, 0.3) is 0 Å². The first-order valence-electron chi connectivity index (χ1n) is 8.61. The first kappa shape index (κ1) is 17.6. The van der Waals surface area contributed by atoms with Crippen molar-refractivity contribution in [2.75, 3.05) is 19.6 Å². The van der Waals surface area contributed by atoms with Crippen molar-refractivity contribution in [3.8, 4) is 0 Å². The highest BCUT2D eigenvalue weighted by atomic mass is 32.1. The van der Waals surface area contributed by atoms with Gasteiger partial charge in [0.05, 0.1) is 6.54 Å². The Morgan fingerprint density at radius 3 is 2.76 bits per heavy atom. The van der Waals surface area contributed by atoms with Gasteiger partial charge in [0.1, 0.15) is 0 Å². The highest BCUT2D eigenvalue weighted by molar-refractivity contribution is 7.09. The summed E-state index contributed by atoms with van der Waals surface area (Å²) in [5.74, 6) is -0.253. The van der Waals surface area contributed by atoms with Gasteiger partial charge in [-0.25, -0.2) is 4.79 Å². The van der Waals surface area contributed by atoms with E-state index in [1.807, 2.05) is 35.7 Å². The Morgan fingerprint density at radius 2 is 2.00 bits per heavy atom. The number of nitrogens with zero attached hydrogens (tertiary/aromatic N) is 1. The minimum Gasteiger partial charge on any atom is -0.337 e. The third kappa shape index (κ3) is 5.14. The van der Waals surface area contributed by atoms with Crippen LogP contribution in [0.15, 0.2) is 47.8 Å². The summed E-state index contributed by atoms with van der Waals surface area (Å²) in [6.07, 6.45) is 2.89. The van der Waals surface area contributed by atoms with Crippen LogP contribution in [0.1, 0.15) is 29.3 Å². The number of urea groups is 1. The second kappa shape index (κ2) is 8.78. The Bertz CT molecular complexity index is 688. The van der Waals surface area contributed by atoms with Gasteiger partial charge in [-0.05, 0) is 42.8 Å². The van der Waals surface area contributed by atoms with Crippen molar-refractivity contribution in [2.24, 2.45) is 0 Å². The zero-order valence-corrected chi connectivity index (χ0v) is 14.9. The summed E-state index contributed by atoms with van der Waals surface area (Å²) in [7, 11) is 0. The topological polar surface area (TPSA) is 61.4 Å². The normalized spacial score (nSPS) is 17.4. The van der Waals surface area contributed by atoms with Crippen LogP contribution in [0, 0.1) is 0 Å². The van der Waals surface area contributed by atoms with Gasteiger partial charge in [-0.1, -0.05) is 36.4 Å². The molecule has 1 fully saturated rings. The largest absolute Gasteiger partial charge is 0.337 e. The lowest BCUT2D eigenvalue weighted by Crippen LogP contribution is -2.44. The summed E-state index contributed by atoms with van der Waals surface area (Å²) in [4.78, 5) is 27.4. The van der Waals surface area contributed by atoms with Crippen LogP contribution in [0.4, 0.5) is 4.79 Å². The van der Waals surface area contributed by atoms with E-state index >= 15 is 0 Å². The molecule has 1 saturated heterocycles. The third-order valence-electron chi connectivity index (χ3n) is 4.38. The molecule has 3 rings (SSSR count). The van der Waals surface area contributed by atoms with Crippen molar-refractivity contribution in [1.82, 2.24) is 15.5 Å². The van der Waals surface area contributed by atoms with E-state index < -0.39 is 6.03 Å². The second-order valence-corrected chi connectivity index (χ2v) is 7.20. The average Bonchev–Trinajstić information content (AvgIpc) is 3.27. The van der Waals surface area contributed by atoms with E-state index in [-0.39, 0.29) is 18.5 Å². The van der Waals surface area contributed by atoms with Gasteiger partial charge in [0.2, 0.25) is 5.91 Å². The summed E-state index contributed by atoms with van der Waals surface area (Å²) in [5.41, 5.74) is 1.23. The lowest BCUT2D eigenvalue weighted by molar-refractivity contribution is -0.121. The Kier molecular flexibility index (Phi) is 6.19. The highest BCUT2D eigenvalue weighted by Crippen LogP contribution is 2.31. The van der Waals surface area contributed by atoms with E-state index in [1.54, 1.807) is 11.3 Å². The number of benzene rings is 1. The molecule has 1 aromatic carbocycles. The summed E-state index contributed by atoms with van der Waals surface area (Å²) in [5, 5.41) is 7.18. The molecular weight excluding hydrogens is 334 g/mol. The molecule has 1 aliphatic rings. The number of carbonyl (C=O) groups excluding carboxylic acids is 2. The predicted octanol–water partition coefficient (Wildman–Crippen LogP) is 2.95. The van der Waals surface area contributed by atoms with Crippen LogP contribution in [0.3, 0.4) is 0 Å². The Hall–Kier alpha value is -2.18. The molecule has 1 aromatic heterocycles. The van der Waals surface area contributed by atoms with Crippen LogP contribution >= 0.6 is 11.3 Å². The highest BCUT2D eigenvalue weighted by Gasteiger charge is 2.27. The third-order valence-corrected chi connectivity index (χ3v) is 5.32. The average molecular weight is 357 g/mol. The smallest absolute Gasteiger partial charge is 0.321 e. The van der Waals surface area contributed by atoms with Crippen molar-refractivity contribution in [3.63, 3.8) is 0 Å². The van der Waals surface area contributed by atoms with Crippen LogP contribution < -0.4 is 10.6 Å². The van der Waals surface area contributed by atoms with Crippen molar-refractivity contribution in [3.05, 3.63) is 58.3 Å². The fourth-order valence-electron chi connectivity index (χ4n) is 3.22. The molecule has 0 spiro atoms. The SMILES string of the molecule is O=C(CN1CCCC1c1ccccc1)NC(=O)NCCc1cccs1. The molecule has 25 heavy (non-hydrogen) atoms. The summed E-state index contributed by atoms with van der Waals surface area (Å²) >= 11 is 1.66. The van der Waals surface area contributed by atoms with Gasteiger partial charge in [0.15, 0.2) is 0 Å². The number of likely N-dealkylation sites (tertiary alicyclic amines) is 1. The Labute approximate surface area is 152 Å². The monoisotopic (exact) mass is 357 g/mol. The van der Waals surface area contributed by atoms with Crippen molar-refractivity contribution in [1.29, 1.82) is 0 Å². The number of carbonyl (C=O) groups is 2. The lowest BCUT2D eigenvalue weighted by atomic mass is 10.0. The van der Waals surface area contributed by atoms with E-state index in [0.29, 0.717) is 6.54 Å². The lowest BCUT2D eigenvalue weighted by Gasteiger charge is -2.24. The molecule has 132 valence electrons. The van der Waals surface area contributed by atoms with Gasteiger partial charge in [-0.2, -0.15) is 0 Å². The van der Waals surface area contributed by atoms with Gasteiger partial charge >= 0.3 is 6.03 Å². The Morgan fingerprint density at radius 1 is 1.16 bits per heavy atom. The molecule has 2 heterocycles. The van der Waals surface area contributed by atoms with E-state index in [9.17, 15) is 9.59 Å². The van der Waals surface area contributed by atoms with Crippen LogP contribution in [-0.4, -0.2) is 36.5 Å². The summed E-state index contributed by atoms with van der Waals surface area (Å²) in [6.45, 7) is 1.65. The maximum atomic E-state index is 12.2. The molecule has 6 heteroatoms. The van der Waals surface area contributed by atoms with Crippen LogP contribution in [0.5, 0.6) is 0 Å². The van der Waals surface area contributed by atoms with E-state index in [0.717, 1.165) is 25.8 Å². The first-order valence-corrected chi connectivity index (χ1v) is 9.49. The van der Waals surface area contributed by atoms with Gasteiger partial charge in [-0.15, -0.1) is 11.3 Å². The first-order chi connectivity index (χ1) is 12.2. The summed E-state index contributed by atoms with van der Waals surface area (Å²) in [6, 6.07) is 14.1. The van der Waals surface area contributed by atoms with E-state index in [2.05, 4.69) is 27.7 Å². The van der Waals surface area contributed by atoms with Crippen LogP contribution in [-0.2, 0) is 11.2 Å². The molecular formula is C19H23N3O2S. The number of hydrogen-bond acceptors (Lipinski definition) is 4. The molecule has 3 amide bonds. The Balaban J connectivity index is 1.43. The molecule has 1 atom stereocenters. The molecule has 0 bridgehead atoms. The number of thiophene rings is 1. The molecule has 2 aromatic rings. The quantitative estimate of drug-likeness (QED) is 0.836. The van der Waals surface area contributed by atoms with Crippen molar-refractivity contribution in [2.45, 2.75) is 25.3 Å². The van der Waals surface area contributed by atoms with E-state index in [4.69, 9.17) is 0 Å². The number of rotatable bonds is 6. The summed E-state index contributed by atoms with van der Waals surface area (Å²) < 4.78 is 0. The minimum absolute atomic E-state index is 0.248. The number of amides is 3. The minimum atomic E-state index is -0.419. The fourth-order valence-corrected chi connectivity index (χ4v) is 3.93. The standard InChI is InChI=1S/C19H23N3O2S/c23-18(21-19(24)20-11-10-16-8-5-13-25-16)14-22-12-4-9-17(22)15-6-2-1-3-7-15/h1-3,5-8,13,17H,4,9-12,14H2,(H2,20,21,23,24). The number of hydrogen-bond donors (Lipinski definition) is 2. The van der Waals surface area contributed by atoms with Crippen LogP contribution in [0.25, 0.3) is 0 Å². The van der Waals surface area contributed by atoms with E-state index in [1.165, 1.54) is 10.4 Å². The second-order valence-electron chi connectivity index (χ2n) is 6.17. The number of nitrogens with one attached hydrogen (secondary N) is 2. The molecule has 1 unspecified atom stereocenters. The zero-order chi connectivity index (χ0) is 17.5. The maximum absolute atomic E-state index is 12.2. The van der Waals surface area contributed by atoms with Gasteiger partial charge < -0.3 is 5.32 Å². The molecule has 0 aliphatic carbocycles. The predicted molar refractivity (Wildman–Crippen MR) is 99.6 cm³/mol. The zero-order valence-electron chi connectivity index (χ0n) is 14.1. The van der Waals surface area contributed by atoms with Crippen molar-refractivity contribution < 1.29 is 9.59 Å². The van der Waals surface area contributed by atoms with Gasteiger partial charge in [-0.3, -0.25) is 15.0 Å². The molecule has 5 nitrogen and oxygen atoms in total. The fraction of sp³-hybridized carbons (Fsp3) is 0.368. The maximum Gasteiger partial charge on any atom is 0.321 e. The molecule has 2 N–H and O–H groups in total. The molecule has 0 saturated carbocycles. The van der Waals surface area contributed by atoms with Crippen LogP contribution in [0.2, 0.25) is 0 Å².